The highest BCUT2D eigenvalue weighted by atomic mass is 32.2. The summed E-state index contributed by atoms with van der Waals surface area (Å²) in [5, 5.41) is 13.3. The van der Waals surface area contributed by atoms with Crippen molar-refractivity contribution in [2.45, 2.75) is 212 Å². The zero-order valence-corrected chi connectivity index (χ0v) is 28.7. The molecule has 0 rings (SSSR count). The quantitative estimate of drug-likeness (QED) is 0.0502. The second kappa shape index (κ2) is 30.4. The van der Waals surface area contributed by atoms with Crippen molar-refractivity contribution in [1.82, 2.24) is 5.32 Å². The monoisotopic (exact) mass is 618 g/mol. The molecular weight excluding hydrogens is 546 g/mol. The van der Waals surface area contributed by atoms with Crippen LogP contribution in [0.15, 0.2) is 0 Å². The lowest BCUT2D eigenvalue weighted by atomic mass is 10.0. The van der Waals surface area contributed by atoms with Gasteiger partial charge in [0.2, 0.25) is 5.91 Å². The van der Waals surface area contributed by atoms with E-state index in [1.165, 1.54) is 135 Å². The number of carbonyl (C=O) groups excluding carboxylic acids is 1. The molecule has 1 amide bonds. The molecule has 0 spiro atoms. The minimum atomic E-state index is -4.30. The Morgan fingerprint density at radius 2 is 0.857 bits per heavy atom. The predicted octanol–water partition coefficient (Wildman–Crippen LogP) is 10.1. The molecule has 0 aromatic heterocycles. The largest absolute Gasteiger partial charge is 0.391 e. The molecule has 0 saturated carbocycles. The first kappa shape index (κ1) is 41.3. The fourth-order valence-electron chi connectivity index (χ4n) is 5.81. The average Bonchev–Trinajstić information content (AvgIpc) is 2.94. The minimum Gasteiger partial charge on any atom is -0.391 e. The summed E-state index contributed by atoms with van der Waals surface area (Å²) in [6, 6.07) is -0.962. The van der Waals surface area contributed by atoms with Gasteiger partial charge in [0.25, 0.3) is 10.1 Å². The zero-order chi connectivity index (χ0) is 31.2. The van der Waals surface area contributed by atoms with Gasteiger partial charge in [-0.2, -0.15) is 8.42 Å². The van der Waals surface area contributed by atoms with Crippen molar-refractivity contribution in [1.29, 1.82) is 0 Å². The highest BCUT2D eigenvalue weighted by Gasteiger charge is 2.26. The molecule has 2 unspecified atom stereocenters. The third-order valence-electron chi connectivity index (χ3n) is 8.56. The fourth-order valence-corrected chi connectivity index (χ4v) is 6.57. The number of amides is 1. The second-order valence-corrected chi connectivity index (χ2v) is 14.4. The van der Waals surface area contributed by atoms with Crippen LogP contribution in [0.25, 0.3) is 0 Å². The Hall–Kier alpha value is -0.660. The van der Waals surface area contributed by atoms with Gasteiger partial charge in [-0.1, -0.05) is 181 Å². The van der Waals surface area contributed by atoms with Gasteiger partial charge >= 0.3 is 0 Å². The molecule has 0 aliphatic rings. The molecule has 0 saturated heterocycles. The van der Waals surface area contributed by atoms with Gasteiger partial charge in [-0.15, -0.1) is 0 Å². The topological polar surface area (TPSA) is 104 Å². The number of unbranched alkanes of at least 4 members (excludes halogenated alkanes) is 25. The smallest absolute Gasteiger partial charge is 0.266 e. The van der Waals surface area contributed by atoms with E-state index in [4.69, 9.17) is 0 Å². The summed E-state index contributed by atoms with van der Waals surface area (Å²) in [7, 11) is -4.30. The van der Waals surface area contributed by atoms with Crippen LogP contribution in [-0.4, -0.2) is 41.9 Å². The maximum absolute atomic E-state index is 12.5. The summed E-state index contributed by atoms with van der Waals surface area (Å²) in [6.07, 6.45) is 33.3. The number of rotatable bonds is 33. The number of hydrogen-bond acceptors (Lipinski definition) is 4. The Morgan fingerprint density at radius 3 is 1.19 bits per heavy atom. The molecule has 2 atom stereocenters. The van der Waals surface area contributed by atoms with Crippen LogP contribution in [0.4, 0.5) is 0 Å². The van der Waals surface area contributed by atoms with Crippen molar-refractivity contribution >= 4 is 16.0 Å². The normalized spacial score (nSPS) is 13.3. The molecule has 6 nitrogen and oxygen atoms in total. The molecule has 0 aromatic rings. The van der Waals surface area contributed by atoms with E-state index >= 15 is 0 Å². The number of carbonyl (C=O) groups is 1. The Morgan fingerprint density at radius 1 is 0.548 bits per heavy atom. The third-order valence-corrected chi connectivity index (χ3v) is 9.34. The zero-order valence-electron chi connectivity index (χ0n) is 27.9. The van der Waals surface area contributed by atoms with E-state index < -0.39 is 28.0 Å². The maximum atomic E-state index is 12.5. The SMILES string of the molecule is CCCCCCCCCCCCCCCCC(=O)NC(CS(=O)(=O)O)C(O)CCCCCCCCCCCCCCC. The molecule has 252 valence electrons. The summed E-state index contributed by atoms with van der Waals surface area (Å²) >= 11 is 0. The van der Waals surface area contributed by atoms with E-state index in [9.17, 15) is 22.9 Å². The van der Waals surface area contributed by atoms with E-state index in [1.807, 2.05) is 0 Å². The van der Waals surface area contributed by atoms with E-state index in [0.29, 0.717) is 12.8 Å². The number of nitrogens with one attached hydrogen (secondary N) is 1. The van der Waals surface area contributed by atoms with Crippen molar-refractivity contribution in [2.75, 3.05) is 5.75 Å². The van der Waals surface area contributed by atoms with Crippen molar-refractivity contribution < 1.29 is 22.9 Å². The number of aliphatic hydroxyl groups is 1. The van der Waals surface area contributed by atoms with Gasteiger partial charge in [-0.3, -0.25) is 9.35 Å². The van der Waals surface area contributed by atoms with Gasteiger partial charge in [0, 0.05) is 6.42 Å². The summed E-state index contributed by atoms with van der Waals surface area (Å²) in [6.45, 7) is 4.50. The Kier molecular flexibility index (Phi) is 29.9. The van der Waals surface area contributed by atoms with E-state index in [0.717, 1.165) is 38.5 Å². The fraction of sp³-hybridized carbons (Fsp3) is 0.971. The first-order chi connectivity index (χ1) is 20.3. The van der Waals surface area contributed by atoms with Crippen LogP contribution in [0.5, 0.6) is 0 Å². The van der Waals surface area contributed by atoms with E-state index in [1.54, 1.807) is 0 Å². The van der Waals surface area contributed by atoms with E-state index in [2.05, 4.69) is 19.2 Å². The van der Waals surface area contributed by atoms with Gasteiger partial charge in [0.05, 0.1) is 17.9 Å². The van der Waals surface area contributed by atoms with Gasteiger partial charge in [-0.25, -0.2) is 0 Å². The summed E-state index contributed by atoms with van der Waals surface area (Å²) in [5.74, 6) is -0.885. The standard InChI is InChI=1S/C35H71NO5S/c1-3-5-7-9-11-13-15-17-19-21-23-25-27-29-31-35(38)36-33(32-42(39,40)41)34(37)30-28-26-24-22-20-18-16-14-12-10-8-6-4-2/h33-34,37H,3-32H2,1-2H3,(H,36,38)(H,39,40,41). The molecule has 7 heteroatoms. The Balaban J connectivity index is 3.90. The van der Waals surface area contributed by atoms with Crippen LogP contribution in [0.1, 0.15) is 200 Å². The maximum Gasteiger partial charge on any atom is 0.266 e. The molecule has 0 aliphatic carbocycles. The molecule has 0 heterocycles. The van der Waals surface area contributed by atoms with Gasteiger partial charge < -0.3 is 10.4 Å². The van der Waals surface area contributed by atoms with Crippen molar-refractivity contribution in [3.63, 3.8) is 0 Å². The van der Waals surface area contributed by atoms with Crippen LogP contribution < -0.4 is 5.32 Å². The highest BCUT2D eigenvalue weighted by molar-refractivity contribution is 7.85. The number of aliphatic hydroxyl groups excluding tert-OH is 1. The number of hydrogen-bond donors (Lipinski definition) is 3. The summed E-state index contributed by atoms with van der Waals surface area (Å²) in [5.41, 5.74) is 0. The van der Waals surface area contributed by atoms with E-state index in [-0.39, 0.29) is 5.91 Å². The molecule has 42 heavy (non-hydrogen) atoms. The van der Waals surface area contributed by atoms with Crippen LogP contribution in [0.2, 0.25) is 0 Å². The highest BCUT2D eigenvalue weighted by Crippen LogP contribution is 2.16. The molecule has 3 N–H and O–H groups in total. The lowest BCUT2D eigenvalue weighted by Gasteiger charge is -2.23. The van der Waals surface area contributed by atoms with Crippen molar-refractivity contribution in [3.05, 3.63) is 0 Å². The molecule has 0 bridgehead atoms. The Labute approximate surface area is 261 Å². The molecule has 0 fully saturated rings. The lowest BCUT2D eigenvalue weighted by Crippen LogP contribution is -2.47. The summed E-state index contributed by atoms with van der Waals surface area (Å²) in [4.78, 5) is 12.5. The van der Waals surface area contributed by atoms with Crippen LogP contribution in [-0.2, 0) is 14.9 Å². The van der Waals surface area contributed by atoms with Crippen molar-refractivity contribution in [3.8, 4) is 0 Å². The first-order valence-corrected chi connectivity index (χ1v) is 19.8. The molecule has 0 radical (unpaired) electrons. The first-order valence-electron chi connectivity index (χ1n) is 18.2. The van der Waals surface area contributed by atoms with Crippen LogP contribution in [0, 0.1) is 0 Å². The molecule has 0 aliphatic heterocycles. The third kappa shape index (κ3) is 30.8. The average molecular weight is 618 g/mol. The van der Waals surface area contributed by atoms with Crippen molar-refractivity contribution in [2.24, 2.45) is 0 Å². The molecular formula is C35H71NO5S. The van der Waals surface area contributed by atoms with Gasteiger partial charge in [-0.05, 0) is 12.8 Å². The Bertz CT molecular complexity index is 685. The summed E-state index contributed by atoms with van der Waals surface area (Å²) < 4.78 is 32.4. The van der Waals surface area contributed by atoms with Gasteiger partial charge in [0.15, 0.2) is 0 Å². The van der Waals surface area contributed by atoms with Crippen LogP contribution >= 0.6 is 0 Å². The molecule has 0 aromatic carbocycles. The lowest BCUT2D eigenvalue weighted by molar-refractivity contribution is -0.122. The minimum absolute atomic E-state index is 0.244. The predicted molar refractivity (Wildman–Crippen MR) is 180 cm³/mol. The van der Waals surface area contributed by atoms with Gasteiger partial charge in [0.1, 0.15) is 0 Å². The second-order valence-electron chi connectivity index (χ2n) is 12.9. The van der Waals surface area contributed by atoms with Crippen LogP contribution in [0.3, 0.4) is 0 Å².